The lowest BCUT2D eigenvalue weighted by atomic mass is 9.83. The fraction of sp³-hybridized carbons (Fsp3) is 0.423. The average molecular weight is 511 g/mol. The Labute approximate surface area is 209 Å². The van der Waals surface area contributed by atoms with Gasteiger partial charge in [-0.05, 0) is 42.7 Å². The van der Waals surface area contributed by atoms with E-state index >= 15 is 0 Å². The zero-order chi connectivity index (χ0) is 25.9. The standard InChI is InChI=1S/C26H30N4O5S/c1-2-36(34,35)20-10-11-21-22(14-20)29-16-30(26(21)33)23(12-17-6-4-3-5-7-17)24(31)13-19-9-8-18(15-28-19)25(27)32/h8-11,14-17,23H,2-7,12-13H2,1H3,(H2,27,32). The quantitative estimate of drug-likeness (QED) is 0.466. The number of ketones is 1. The van der Waals surface area contributed by atoms with Crippen LogP contribution < -0.4 is 11.3 Å². The van der Waals surface area contributed by atoms with Crippen LogP contribution in [0.4, 0.5) is 0 Å². The number of nitrogens with zero attached hydrogens (tertiary/aromatic N) is 3. The largest absolute Gasteiger partial charge is 0.366 e. The van der Waals surface area contributed by atoms with Crippen molar-refractivity contribution in [2.75, 3.05) is 5.75 Å². The van der Waals surface area contributed by atoms with Crippen molar-refractivity contribution in [2.24, 2.45) is 11.7 Å². The monoisotopic (exact) mass is 510 g/mol. The van der Waals surface area contributed by atoms with Gasteiger partial charge in [0, 0.05) is 11.9 Å². The van der Waals surface area contributed by atoms with Gasteiger partial charge in [-0.15, -0.1) is 0 Å². The van der Waals surface area contributed by atoms with Crippen LogP contribution in [0.5, 0.6) is 0 Å². The average Bonchev–Trinajstić information content (AvgIpc) is 2.88. The highest BCUT2D eigenvalue weighted by Gasteiger charge is 2.28. The van der Waals surface area contributed by atoms with Gasteiger partial charge in [0.1, 0.15) is 0 Å². The second-order valence-corrected chi connectivity index (χ2v) is 11.6. The van der Waals surface area contributed by atoms with E-state index < -0.39 is 21.8 Å². The third-order valence-electron chi connectivity index (χ3n) is 6.95. The number of amides is 1. The lowest BCUT2D eigenvalue weighted by molar-refractivity contribution is -0.122. The van der Waals surface area contributed by atoms with Gasteiger partial charge in [-0.1, -0.05) is 39.0 Å². The first-order valence-electron chi connectivity index (χ1n) is 12.2. The number of hydrogen-bond acceptors (Lipinski definition) is 7. The number of carbonyl (C=O) groups is 2. The Bertz CT molecular complexity index is 1440. The number of primary amides is 1. The molecule has 190 valence electrons. The summed E-state index contributed by atoms with van der Waals surface area (Å²) in [5.41, 5.74) is 5.90. The van der Waals surface area contributed by atoms with E-state index in [4.69, 9.17) is 5.73 Å². The number of aromatic nitrogens is 3. The highest BCUT2D eigenvalue weighted by Crippen LogP contribution is 2.31. The summed E-state index contributed by atoms with van der Waals surface area (Å²) in [6, 6.07) is 6.68. The highest BCUT2D eigenvalue weighted by molar-refractivity contribution is 7.91. The molecule has 9 nitrogen and oxygen atoms in total. The lowest BCUT2D eigenvalue weighted by Crippen LogP contribution is -2.33. The third-order valence-corrected chi connectivity index (χ3v) is 8.68. The lowest BCUT2D eigenvalue weighted by Gasteiger charge is -2.27. The molecule has 0 saturated heterocycles. The zero-order valence-electron chi connectivity index (χ0n) is 20.2. The maximum absolute atomic E-state index is 13.5. The molecular weight excluding hydrogens is 480 g/mol. The van der Waals surface area contributed by atoms with E-state index in [0.29, 0.717) is 18.0 Å². The summed E-state index contributed by atoms with van der Waals surface area (Å²) in [7, 11) is -3.44. The molecule has 2 aromatic heterocycles. The fourth-order valence-corrected chi connectivity index (χ4v) is 5.71. The molecule has 4 rings (SSSR count). The smallest absolute Gasteiger partial charge is 0.261 e. The first-order chi connectivity index (χ1) is 17.2. The summed E-state index contributed by atoms with van der Waals surface area (Å²) >= 11 is 0. The number of pyridine rings is 1. The van der Waals surface area contributed by atoms with Crippen LogP contribution >= 0.6 is 0 Å². The predicted octanol–water partition coefficient (Wildman–Crippen LogP) is 3.01. The highest BCUT2D eigenvalue weighted by atomic mass is 32.2. The van der Waals surface area contributed by atoms with E-state index in [0.717, 1.165) is 25.7 Å². The Morgan fingerprint density at radius 1 is 1.11 bits per heavy atom. The Kier molecular flexibility index (Phi) is 7.63. The van der Waals surface area contributed by atoms with Crippen molar-refractivity contribution in [2.45, 2.75) is 62.8 Å². The van der Waals surface area contributed by atoms with Crippen LogP contribution in [0.25, 0.3) is 10.9 Å². The van der Waals surface area contributed by atoms with E-state index in [1.54, 1.807) is 13.0 Å². The van der Waals surface area contributed by atoms with E-state index in [2.05, 4.69) is 9.97 Å². The summed E-state index contributed by atoms with van der Waals surface area (Å²) in [5.74, 6) is -0.507. The van der Waals surface area contributed by atoms with Crippen molar-refractivity contribution >= 4 is 32.4 Å². The van der Waals surface area contributed by atoms with Crippen LogP contribution in [-0.4, -0.2) is 40.4 Å². The van der Waals surface area contributed by atoms with Crippen molar-refractivity contribution in [3.63, 3.8) is 0 Å². The minimum absolute atomic E-state index is 0.00537. The van der Waals surface area contributed by atoms with Gasteiger partial charge in [-0.25, -0.2) is 13.4 Å². The van der Waals surface area contributed by atoms with Crippen LogP contribution in [-0.2, 0) is 21.1 Å². The Morgan fingerprint density at radius 3 is 2.50 bits per heavy atom. The molecule has 2 N–H and O–H groups in total. The van der Waals surface area contributed by atoms with Gasteiger partial charge in [0.25, 0.3) is 5.56 Å². The molecule has 1 aliphatic rings. The molecule has 1 amide bonds. The maximum Gasteiger partial charge on any atom is 0.261 e. The molecule has 1 fully saturated rings. The van der Waals surface area contributed by atoms with Crippen LogP contribution in [0, 0.1) is 5.92 Å². The molecule has 1 atom stereocenters. The Balaban J connectivity index is 1.69. The van der Waals surface area contributed by atoms with Gasteiger partial charge < -0.3 is 5.73 Å². The van der Waals surface area contributed by atoms with E-state index in [1.807, 2.05) is 0 Å². The first kappa shape index (κ1) is 25.7. The van der Waals surface area contributed by atoms with Gasteiger partial charge in [0.05, 0.1) is 45.9 Å². The van der Waals surface area contributed by atoms with Gasteiger partial charge in [0.2, 0.25) is 5.91 Å². The van der Waals surface area contributed by atoms with Crippen molar-refractivity contribution in [1.29, 1.82) is 0 Å². The summed E-state index contributed by atoms with van der Waals surface area (Å²) in [4.78, 5) is 47.0. The number of rotatable bonds is 9. The van der Waals surface area contributed by atoms with E-state index in [-0.39, 0.29) is 44.9 Å². The molecule has 1 aromatic carbocycles. The van der Waals surface area contributed by atoms with E-state index in [9.17, 15) is 22.8 Å². The molecule has 1 unspecified atom stereocenters. The molecule has 1 saturated carbocycles. The van der Waals surface area contributed by atoms with Crippen molar-refractivity contribution in [3.8, 4) is 0 Å². The van der Waals surface area contributed by atoms with Crippen molar-refractivity contribution in [3.05, 3.63) is 64.5 Å². The summed E-state index contributed by atoms with van der Waals surface area (Å²) in [6.07, 6.45) is 8.58. The Hall–Kier alpha value is -3.40. The van der Waals surface area contributed by atoms with Crippen LogP contribution in [0.2, 0.25) is 0 Å². The summed E-state index contributed by atoms with van der Waals surface area (Å²) < 4.78 is 25.9. The van der Waals surface area contributed by atoms with Gasteiger partial charge in [-0.3, -0.25) is 23.9 Å². The number of hydrogen-bond donors (Lipinski definition) is 1. The van der Waals surface area contributed by atoms with Gasteiger partial charge in [-0.2, -0.15) is 0 Å². The second kappa shape index (κ2) is 10.7. The molecule has 3 aromatic rings. The second-order valence-electron chi connectivity index (χ2n) is 9.34. The molecule has 0 radical (unpaired) electrons. The molecule has 1 aliphatic carbocycles. The summed E-state index contributed by atoms with van der Waals surface area (Å²) in [5, 5.41) is 0.262. The number of fused-ring (bicyclic) bond motifs is 1. The summed E-state index contributed by atoms with van der Waals surface area (Å²) in [6.45, 7) is 1.56. The number of carbonyl (C=O) groups excluding carboxylic acids is 2. The van der Waals surface area contributed by atoms with Crippen LogP contribution in [0.15, 0.2) is 52.5 Å². The fourth-order valence-electron chi connectivity index (χ4n) is 4.81. The first-order valence-corrected chi connectivity index (χ1v) is 13.9. The molecule has 0 spiro atoms. The third kappa shape index (κ3) is 5.53. The molecule has 0 bridgehead atoms. The maximum atomic E-state index is 13.5. The topological polar surface area (TPSA) is 142 Å². The molecule has 10 heteroatoms. The van der Waals surface area contributed by atoms with Crippen molar-refractivity contribution < 1.29 is 18.0 Å². The minimum Gasteiger partial charge on any atom is -0.366 e. The molecule has 0 aliphatic heterocycles. The number of benzene rings is 1. The normalized spacial score (nSPS) is 15.6. The van der Waals surface area contributed by atoms with Crippen LogP contribution in [0.3, 0.4) is 0 Å². The van der Waals surface area contributed by atoms with Crippen LogP contribution in [0.1, 0.15) is 67.5 Å². The Morgan fingerprint density at radius 2 is 1.86 bits per heavy atom. The molecule has 36 heavy (non-hydrogen) atoms. The zero-order valence-corrected chi connectivity index (χ0v) is 21.0. The molecule has 2 heterocycles. The number of nitrogens with two attached hydrogens (primary N) is 1. The predicted molar refractivity (Wildman–Crippen MR) is 135 cm³/mol. The number of Topliss-reactive ketones (excluding diaryl/α,β-unsaturated/α-hetero) is 1. The molecular formula is C26H30N4O5S. The van der Waals surface area contributed by atoms with Gasteiger partial charge >= 0.3 is 0 Å². The van der Waals surface area contributed by atoms with Crippen molar-refractivity contribution in [1.82, 2.24) is 14.5 Å². The van der Waals surface area contributed by atoms with E-state index in [1.165, 1.54) is 47.8 Å². The SMILES string of the molecule is CCS(=O)(=O)c1ccc2c(=O)n(C(CC3CCCCC3)C(=O)Cc3ccc(C(N)=O)cn3)cnc2c1. The number of sulfone groups is 1. The van der Waals surface area contributed by atoms with Gasteiger partial charge in [0.15, 0.2) is 15.6 Å². The minimum atomic E-state index is -3.44.